The lowest BCUT2D eigenvalue weighted by atomic mass is 10.0. The van der Waals surface area contributed by atoms with E-state index in [0.29, 0.717) is 10.4 Å². The third kappa shape index (κ3) is 5.40. The first-order valence-corrected chi connectivity index (χ1v) is 8.57. The first-order valence-electron chi connectivity index (χ1n) is 5.25. The molecule has 2 nitrogen and oxygen atoms in total. The van der Waals surface area contributed by atoms with E-state index in [-0.39, 0.29) is 16.9 Å². The fraction of sp³-hybridized carbons (Fsp3) is 0.500. The fourth-order valence-electron chi connectivity index (χ4n) is 1.52. The van der Waals surface area contributed by atoms with Crippen LogP contribution in [0, 0.1) is 5.41 Å². The SMILES string of the molecule is CC(C)(CBr)CS(=O)(=O)Cc1ccc(Cl)cc1. The summed E-state index contributed by atoms with van der Waals surface area (Å²) in [5.74, 6) is 0.245. The zero-order chi connectivity index (χ0) is 13.1. The van der Waals surface area contributed by atoms with Crippen molar-refractivity contribution in [3.8, 4) is 0 Å². The van der Waals surface area contributed by atoms with E-state index in [9.17, 15) is 8.42 Å². The summed E-state index contributed by atoms with van der Waals surface area (Å²) < 4.78 is 24.0. The second kappa shape index (κ2) is 5.72. The van der Waals surface area contributed by atoms with Gasteiger partial charge in [0, 0.05) is 10.4 Å². The van der Waals surface area contributed by atoms with Crippen LogP contribution in [0.1, 0.15) is 19.4 Å². The number of alkyl halides is 1. The second-order valence-corrected chi connectivity index (χ2v) is 8.02. The highest BCUT2D eigenvalue weighted by molar-refractivity contribution is 9.09. The van der Waals surface area contributed by atoms with Crippen LogP contribution in [0.3, 0.4) is 0 Å². The standard InChI is InChI=1S/C12H16BrClO2S/c1-12(2,8-13)9-17(15,16)7-10-3-5-11(14)6-4-10/h3-6H,7-9H2,1-2H3. The average molecular weight is 340 g/mol. The van der Waals surface area contributed by atoms with Crippen LogP contribution >= 0.6 is 27.5 Å². The van der Waals surface area contributed by atoms with Crippen molar-refractivity contribution in [3.05, 3.63) is 34.9 Å². The average Bonchev–Trinajstić information content (AvgIpc) is 2.20. The summed E-state index contributed by atoms with van der Waals surface area (Å²) >= 11 is 9.09. The van der Waals surface area contributed by atoms with Gasteiger partial charge in [0.2, 0.25) is 0 Å². The molecule has 0 unspecified atom stereocenters. The molecule has 0 saturated carbocycles. The molecular formula is C12H16BrClO2S. The van der Waals surface area contributed by atoms with Gasteiger partial charge in [0.05, 0.1) is 11.5 Å². The minimum Gasteiger partial charge on any atom is -0.228 e. The van der Waals surface area contributed by atoms with Gasteiger partial charge in [0.15, 0.2) is 9.84 Å². The predicted octanol–water partition coefficient (Wildman–Crippen LogP) is 3.68. The molecule has 0 atom stereocenters. The maximum Gasteiger partial charge on any atom is 0.155 e. The molecule has 0 aromatic heterocycles. The molecule has 0 amide bonds. The normalized spacial score (nSPS) is 12.7. The molecule has 5 heteroatoms. The number of hydrogen-bond acceptors (Lipinski definition) is 2. The molecule has 17 heavy (non-hydrogen) atoms. The maximum absolute atomic E-state index is 12.0. The lowest BCUT2D eigenvalue weighted by Crippen LogP contribution is -2.26. The summed E-state index contributed by atoms with van der Waals surface area (Å²) in [7, 11) is -3.09. The van der Waals surface area contributed by atoms with Crippen LogP contribution < -0.4 is 0 Å². The van der Waals surface area contributed by atoms with E-state index in [1.54, 1.807) is 24.3 Å². The number of rotatable bonds is 5. The van der Waals surface area contributed by atoms with Crippen LogP contribution in [-0.4, -0.2) is 19.5 Å². The third-order valence-electron chi connectivity index (χ3n) is 2.27. The predicted molar refractivity (Wildman–Crippen MR) is 76.5 cm³/mol. The highest BCUT2D eigenvalue weighted by atomic mass is 79.9. The smallest absolute Gasteiger partial charge is 0.155 e. The number of hydrogen-bond donors (Lipinski definition) is 0. The van der Waals surface area contributed by atoms with Gasteiger partial charge in [-0.05, 0) is 23.1 Å². The molecular weight excluding hydrogens is 324 g/mol. The molecule has 0 fully saturated rings. The number of benzene rings is 1. The molecule has 0 heterocycles. The molecule has 0 radical (unpaired) electrons. The van der Waals surface area contributed by atoms with Crippen LogP contribution in [0.2, 0.25) is 5.02 Å². The van der Waals surface area contributed by atoms with Crippen LogP contribution in [0.25, 0.3) is 0 Å². The molecule has 0 saturated heterocycles. The topological polar surface area (TPSA) is 34.1 Å². The molecule has 96 valence electrons. The Balaban J connectivity index is 2.77. The van der Waals surface area contributed by atoms with Gasteiger partial charge in [-0.1, -0.05) is 53.5 Å². The van der Waals surface area contributed by atoms with Gasteiger partial charge in [-0.3, -0.25) is 0 Å². The molecule has 0 aliphatic carbocycles. The number of halogens is 2. The van der Waals surface area contributed by atoms with E-state index in [4.69, 9.17) is 11.6 Å². The zero-order valence-corrected chi connectivity index (χ0v) is 13.1. The van der Waals surface area contributed by atoms with Crippen molar-refractivity contribution in [2.45, 2.75) is 19.6 Å². The van der Waals surface area contributed by atoms with E-state index in [0.717, 1.165) is 5.56 Å². The lowest BCUT2D eigenvalue weighted by Gasteiger charge is -2.21. The summed E-state index contributed by atoms with van der Waals surface area (Å²) in [4.78, 5) is 0. The van der Waals surface area contributed by atoms with Crippen molar-refractivity contribution in [2.24, 2.45) is 5.41 Å². The van der Waals surface area contributed by atoms with Gasteiger partial charge in [-0.15, -0.1) is 0 Å². The molecule has 1 aromatic carbocycles. The van der Waals surface area contributed by atoms with E-state index >= 15 is 0 Å². The highest BCUT2D eigenvalue weighted by Crippen LogP contribution is 2.23. The first-order chi connectivity index (χ1) is 7.74. The monoisotopic (exact) mass is 338 g/mol. The first kappa shape index (κ1) is 15.0. The molecule has 0 bridgehead atoms. The molecule has 0 aliphatic rings. The Morgan fingerprint density at radius 1 is 1.24 bits per heavy atom. The molecule has 1 rings (SSSR count). The van der Waals surface area contributed by atoms with Crippen molar-refractivity contribution in [2.75, 3.05) is 11.1 Å². The van der Waals surface area contributed by atoms with Crippen LogP contribution in [0.5, 0.6) is 0 Å². The Hall–Kier alpha value is -0.0600. The summed E-state index contributed by atoms with van der Waals surface area (Å²) in [6.07, 6.45) is 0. The Labute approximate surface area is 116 Å². The molecule has 0 spiro atoms. The summed E-state index contributed by atoms with van der Waals surface area (Å²) in [5.41, 5.74) is 0.533. The maximum atomic E-state index is 12.0. The Kier molecular flexibility index (Phi) is 5.05. The van der Waals surface area contributed by atoms with Crippen LogP contribution in [-0.2, 0) is 15.6 Å². The quantitative estimate of drug-likeness (QED) is 0.767. The molecule has 0 N–H and O–H groups in total. The summed E-state index contributed by atoms with van der Waals surface area (Å²) in [5, 5.41) is 1.28. The Morgan fingerprint density at radius 2 is 1.76 bits per heavy atom. The molecule has 1 aromatic rings. The van der Waals surface area contributed by atoms with Crippen molar-refractivity contribution in [3.63, 3.8) is 0 Å². The number of sulfone groups is 1. The van der Waals surface area contributed by atoms with Crippen molar-refractivity contribution < 1.29 is 8.42 Å². The van der Waals surface area contributed by atoms with Gasteiger partial charge in [0.25, 0.3) is 0 Å². The van der Waals surface area contributed by atoms with Crippen molar-refractivity contribution in [1.29, 1.82) is 0 Å². The largest absolute Gasteiger partial charge is 0.228 e. The Bertz CT molecular complexity index is 466. The van der Waals surface area contributed by atoms with Gasteiger partial charge in [-0.2, -0.15) is 0 Å². The van der Waals surface area contributed by atoms with E-state index in [1.165, 1.54) is 0 Å². The van der Waals surface area contributed by atoms with Crippen LogP contribution in [0.15, 0.2) is 24.3 Å². The van der Waals surface area contributed by atoms with Gasteiger partial charge in [-0.25, -0.2) is 8.42 Å². The summed E-state index contributed by atoms with van der Waals surface area (Å²) in [6.45, 7) is 3.86. The zero-order valence-electron chi connectivity index (χ0n) is 9.91. The van der Waals surface area contributed by atoms with E-state index in [2.05, 4.69) is 15.9 Å². The van der Waals surface area contributed by atoms with Gasteiger partial charge >= 0.3 is 0 Å². The lowest BCUT2D eigenvalue weighted by molar-refractivity contribution is 0.474. The summed E-state index contributed by atoms with van der Waals surface area (Å²) in [6, 6.07) is 6.92. The van der Waals surface area contributed by atoms with E-state index in [1.807, 2.05) is 13.8 Å². The molecule has 0 aliphatic heterocycles. The Morgan fingerprint density at radius 3 is 2.24 bits per heavy atom. The second-order valence-electron chi connectivity index (χ2n) is 4.96. The van der Waals surface area contributed by atoms with Crippen LogP contribution in [0.4, 0.5) is 0 Å². The highest BCUT2D eigenvalue weighted by Gasteiger charge is 2.25. The fourth-order valence-corrected chi connectivity index (χ4v) is 4.20. The minimum absolute atomic E-state index is 0.0700. The van der Waals surface area contributed by atoms with E-state index < -0.39 is 9.84 Å². The third-order valence-corrected chi connectivity index (χ3v) is 6.04. The van der Waals surface area contributed by atoms with Gasteiger partial charge < -0.3 is 0 Å². The van der Waals surface area contributed by atoms with Crippen molar-refractivity contribution in [1.82, 2.24) is 0 Å². The minimum atomic E-state index is -3.09. The van der Waals surface area contributed by atoms with Crippen molar-refractivity contribution >= 4 is 37.4 Å². The van der Waals surface area contributed by atoms with Gasteiger partial charge in [0.1, 0.15) is 0 Å².